The molecular formula is C11H7F3O. The van der Waals surface area contributed by atoms with Gasteiger partial charge in [-0.25, -0.2) is 0 Å². The minimum atomic E-state index is -4.77. The summed E-state index contributed by atoms with van der Waals surface area (Å²) in [5.74, 6) is -1.74. The predicted molar refractivity (Wildman–Crippen MR) is 49.2 cm³/mol. The van der Waals surface area contributed by atoms with Gasteiger partial charge < -0.3 is 0 Å². The van der Waals surface area contributed by atoms with Crippen LogP contribution in [0.1, 0.15) is 11.1 Å². The third kappa shape index (κ3) is 1.79. The Morgan fingerprint density at radius 1 is 1.20 bits per heavy atom. The van der Waals surface area contributed by atoms with E-state index in [1.54, 1.807) is 24.3 Å². The second-order valence-electron chi connectivity index (χ2n) is 3.37. The Kier molecular flexibility index (Phi) is 2.14. The molecule has 0 saturated carbocycles. The molecule has 1 aromatic rings. The van der Waals surface area contributed by atoms with Crippen LogP contribution in [0, 0.1) is 0 Å². The van der Waals surface area contributed by atoms with Gasteiger partial charge in [-0.3, -0.25) is 4.79 Å². The molecule has 78 valence electrons. The first-order chi connectivity index (χ1) is 6.98. The number of benzene rings is 1. The van der Waals surface area contributed by atoms with Gasteiger partial charge in [0.1, 0.15) is 0 Å². The highest BCUT2D eigenvalue weighted by molar-refractivity contribution is 6.05. The summed E-state index contributed by atoms with van der Waals surface area (Å²) in [4.78, 5) is 10.9. The second kappa shape index (κ2) is 3.22. The molecule has 0 spiro atoms. The second-order valence-corrected chi connectivity index (χ2v) is 3.37. The highest BCUT2D eigenvalue weighted by Gasteiger charge is 2.41. The molecule has 4 heteroatoms. The lowest BCUT2D eigenvalue weighted by molar-refractivity contribution is -0.166. The van der Waals surface area contributed by atoms with Gasteiger partial charge >= 0.3 is 6.18 Å². The fraction of sp³-hybridized carbons (Fsp3) is 0.182. The lowest BCUT2D eigenvalue weighted by Crippen LogP contribution is -2.24. The Bertz CT molecular complexity index is 443. The normalized spacial score (nSPS) is 14.7. The number of fused-ring (bicyclic) bond motifs is 1. The summed E-state index contributed by atoms with van der Waals surface area (Å²) in [5, 5.41) is 0. The topological polar surface area (TPSA) is 17.1 Å². The molecule has 0 aliphatic heterocycles. The van der Waals surface area contributed by atoms with Crippen LogP contribution >= 0.6 is 0 Å². The van der Waals surface area contributed by atoms with Crippen LogP contribution in [0.3, 0.4) is 0 Å². The molecule has 0 radical (unpaired) electrons. The average Bonchev–Trinajstić information content (AvgIpc) is 2.58. The quantitative estimate of drug-likeness (QED) is 0.699. The third-order valence-corrected chi connectivity index (χ3v) is 2.31. The van der Waals surface area contributed by atoms with Crippen LogP contribution in [0.5, 0.6) is 0 Å². The molecule has 0 saturated heterocycles. The molecule has 1 aliphatic carbocycles. The number of hydrogen-bond donors (Lipinski definition) is 0. The van der Waals surface area contributed by atoms with Gasteiger partial charge in [0, 0.05) is 12.0 Å². The molecule has 0 bridgehead atoms. The largest absolute Gasteiger partial charge is 0.454 e. The Morgan fingerprint density at radius 3 is 2.47 bits per heavy atom. The fourth-order valence-corrected chi connectivity index (χ4v) is 1.61. The van der Waals surface area contributed by atoms with Crippen molar-refractivity contribution >= 4 is 11.9 Å². The highest BCUT2D eigenvalue weighted by atomic mass is 19.4. The zero-order chi connectivity index (χ0) is 11.1. The van der Waals surface area contributed by atoms with Gasteiger partial charge in [-0.15, -0.1) is 0 Å². The van der Waals surface area contributed by atoms with E-state index in [0.717, 1.165) is 5.56 Å². The van der Waals surface area contributed by atoms with Gasteiger partial charge in [-0.05, 0) is 17.2 Å². The lowest BCUT2D eigenvalue weighted by Gasteiger charge is -2.04. The summed E-state index contributed by atoms with van der Waals surface area (Å²) in [5.41, 5.74) is 1.29. The summed E-state index contributed by atoms with van der Waals surface area (Å²) in [6, 6.07) is 6.90. The number of rotatable bonds is 1. The molecular weight excluding hydrogens is 205 g/mol. The smallest absolute Gasteiger partial charge is 0.284 e. The molecule has 0 N–H and O–H groups in total. The van der Waals surface area contributed by atoms with E-state index in [-0.39, 0.29) is 12.0 Å². The maximum absolute atomic E-state index is 12.1. The van der Waals surface area contributed by atoms with Gasteiger partial charge in [0.25, 0.3) is 5.78 Å². The predicted octanol–water partition coefficient (Wildman–Crippen LogP) is 2.76. The minimum Gasteiger partial charge on any atom is -0.284 e. The van der Waals surface area contributed by atoms with Crippen molar-refractivity contribution in [2.45, 2.75) is 12.6 Å². The number of halogens is 3. The Hall–Kier alpha value is -1.58. The van der Waals surface area contributed by atoms with Gasteiger partial charge in [-0.1, -0.05) is 24.3 Å². The first-order valence-electron chi connectivity index (χ1n) is 4.38. The molecule has 0 amide bonds. The molecule has 15 heavy (non-hydrogen) atoms. The van der Waals surface area contributed by atoms with Crippen LogP contribution in [-0.4, -0.2) is 12.0 Å². The summed E-state index contributed by atoms with van der Waals surface area (Å²) in [6.07, 6.45) is -3.38. The number of allylic oxidation sites excluding steroid dienone is 1. The summed E-state index contributed by atoms with van der Waals surface area (Å²) < 4.78 is 36.4. The Labute approximate surface area is 84.2 Å². The molecule has 0 atom stereocenters. The number of hydrogen-bond acceptors (Lipinski definition) is 1. The van der Waals surface area contributed by atoms with Crippen molar-refractivity contribution in [2.75, 3.05) is 0 Å². The number of carbonyl (C=O) groups excluding carboxylic acids is 1. The zero-order valence-corrected chi connectivity index (χ0v) is 7.64. The van der Waals surface area contributed by atoms with E-state index in [9.17, 15) is 18.0 Å². The first-order valence-corrected chi connectivity index (χ1v) is 4.38. The lowest BCUT2D eigenvalue weighted by atomic mass is 10.1. The molecule has 0 heterocycles. The van der Waals surface area contributed by atoms with Crippen LogP contribution in [0.2, 0.25) is 0 Å². The Balaban J connectivity index is 2.29. The van der Waals surface area contributed by atoms with E-state index < -0.39 is 12.0 Å². The van der Waals surface area contributed by atoms with Crippen LogP contribution in [-0.2, 0) is 11.2 Å². The van der Waals surface area contributed by atoms with E-state index >= 15 is 0 Å². The van der Waals surface area contributed by atoms with Crippen LogP contribution in [0.4, 0.5) is 13.2 Å². The summed E-state index contributed by atoms with van der Waals surface area (Å²) in [7, 11) is 0. The first kappa shape index (κ1) is 9.96. The van der Waals surface area contributed by atoms with Crippen molar-refractivity contribution in [3.05, 3.63) is 41.0 Å². The van der Waals surface area contributed by atoms with Crippen LogP contribution < -0.4 is 0 Å². The van der Waals surface area contributed by atoms with E-state index in [4.69, 9.17) is 0 Å². The number of ketones is 1. The summed E-state index contributed by atoms with van der Waals surface area (Å²) >= 11 is 0. The molecule has 0 aromatic heterocycles. The van der Waals surface area contributed by atoms with E-state index in [1.165, 1.54) is 6.08 Å². The van der Waals surface area contributed by atoms with Crippen LogP contribution in [0.25, 0.3) is 6.08 Å². The standard InChI is InChI=1S/C11H7F3O/c12-11(13,14)10(15)9-5-7-3-1-2-4-8(7)6-9/h1-5H,6H2. The van der Waals surface area contributed by atoms with Crippen molar-refractivity contribution in [2.24, 2.45) is 0 Å². The number of carbonyl (C=O) groups is 1. The third-order valence-electron chi connectivity index (χ3n) is 2.31. The van der Waals surface area contributed by atoms with Crippen molar-refractivity contribution in [1.29, 1.82) is 0 Å². The SMILES string of the molecule is O=C(C1=Cc2ccccc2C1)C(F)(F)F. The average molecular weight is 212 g/mol. The van der Waals surface area contributed by atoms with E-state index in [2.05, 4.69) is 0 Å². The monoisotopic (exact) mass is 212 g/mol. The van der Waals surface area contributed by atoms with E-state index in [0.29, 0.717) is 5.56 Å². The molecule has 0 fully saturated rings. The maximum Gasteiger partial charge on any atom is 0.454 e. The van der Waals surface area contributed by atoms with Gasteiger partial charge in [0.2, 0.25) is 0 Å². The fourth-order valence-electron chi connectivity index (χ4n) is 1.61. The van der Waals surface area contributed by atoms with E-state index in [1.807, 2.05) is 0 Å². The summed E-state index contributed by atoms with van der Waals surface area (Å²) in [6.45, 7) is 0. The number of alkyl halides is 3. The molecule has 1 aliphatic rings. The van der Waals surface area contributed by atoms with Crippen molar-refractivity contribution < 1.29 is 18.0 Å². The maximum atomic E-state index is 12.1. The van der Waals surface area contributed by atoms with Crippen molar-refractivity contribution in [3.63, 3.8) is 0 Å². The molecule has 1 aromatic carbocycles. The molecule has 0 unspecified atom stereocenters. The van der Waals surface area contributed by atoms with Crippen LogP contribution in [0.15, 0.2) is 29.8 Å². The van der Waals surface area contributed by atoms with Crippen molar-refractivity contribution in [3.8, 4) is 0 Å². The van der Waals surface area contributed by atoms with Gasteiger partial charge in [0.05, 0.1) is 0 Å². The van der Waals surface area contributed by atoms with Crippen molar-refractivity contribution in [1.82, 2.24) is 0 Å². The number of Topliss-reactive ketones (excluding diaryl/α,β-unsaturated/α-hetero) is 1. The zero-order valence-electron chi connectivity index (χ0n) is 7.64. The van der Waals surface area contributed by atoms with Gasteiger partial charge in [0.15, 0.2) is 0 Å². The van der Waals surface area contributed by atoms with Gasteiger partial charge in [-0.2, -0.15) is 13.2 Å². The molecule has 1 nitrogen and oxygen atoms in total. The Morgan fingerprint density at radius 2 is 1.87 bits per heavy atom. The molecule has 2 rings (SSSR count). The minimum absolute atomic E-state index is 0.0779. The highest BCUT2D eigenvalue weighted by Crippen LogP contribution is 2.30.